The summed E-state index contributed by atoms with van der Waals surface area (Å²) in [6.45, 7) is 13.0. The Morgan fingerprint density at radius 1 is 0.269 bits per heavy atom. The van der Waals surface area contributed by atoms with E-state index in [1.807, 2.05) is 0 Å². The van der Waals surface area contributed by atoms with Crippen molar-refractivity contribution in [1.29, 1.82) is 0 Å². The third-order valence-electron chi connectivity index (χ3n) is 10.8. The van der Waals surface area contributed by atoms with Crippen LogP contribution < -0.4 is 9.80 Å². The molecule has 9 rings (SSSR count). The molecule has 8 aromatic rings. The topological polar surface area (TPSA) is 6.48 Å². The molecule has 8 aromatic carbocycles. The highest BCUT2D eigenvalue weighted by molar-refractivity contribution is 6.12. The van der Waals surface area contributed by atoms with E-state index in [2.05, 4.69) is 197 Å². The van der Waals surface area contributed by atoms with Gasteiger partial charge in [-0.15, -0.1) is 0 Å². The van der Waals surface area contributed by atoms with Crippen molar-refractivity contribution in [2.45, 2.75) is 41.5 Å². The first-order valence-corrected chi connectivity index (χ1v) is 18.2. The summed E-state index contributed by atoms with van der Waals surface area (Å²) < 4.78 is 0. The van der Waals surface area contributed by atoms with Crippen molar-refractivity contribution in [2.24, 2.45) is 0 Å². The molecule has 2 nitrogen and oxygen atoms in total. The number of nitrogens with zero attached hydrogens (tertiary/aromatic N) is 2. The first kappa shape index (κ1) is 31.8. The summed E-state index contributed by atoms with van der Waals surface area (Å²) in [6.07, 6.45) is 0. The molecule has 1 aliphatic rings. The molecule has 0 N–H and O–H groups in total. The van der Waals surface area contributed by atoms with Crippen molar-refractivity contribution >= 4 is 55.7 Å². The third kappa shape index (κ3) is 5.43. The summed E-state index contributed by atoms with van der Waals surface area (Å²) in [4.78, 5) is 4.80. The van der Waals surface area contributed by atoms with E-state index in [-0.39, 0.29) is 0 Å². The largest absolute Gasteiger partial charge is 0.310 e. The van der Waals surface area contributed by atoms with Gasteiger partial charge in [0.15, 0.2) is 0 Å². The summed E-state index contributed by atoms with van der Waals surface area (Å²) in [5.74, 6) is 0. The quantitative estimate of drug-likeness (QED) is 0.174. The Bertz CT molecular complexity index is 2480. The van der Waals surface area contributed by atoms with Gasteiger partial charge < -0.3 is 9.80 Å². The summed E-state index contributed by atoms with van der Waals surface area (Å²) >= 11 is 0. The second kappa shape index (κ2) is 12.3. The van der Waals surface area contributed by atoms with E-state index in [1.165, 1.54) is 88.6 Å². The Balaban J connectivity index is 1.12. The molecular formula is C50H42N2. The number of rotatable bonds is 6. The van der Waals surface area contributed by atoms with Gasteiger partial charge in [0.2, 0.25) is 0 Å². The number of hydrogen-bond acceptors (Lipinski definition) is 2. The minimum absolute atomic E-state index is 1.16. The zero-order chi connectivity index (χ0) is 35.7. The van der Waals surface area contributed by atoms with Gasteiger partial charge in [0.1, 0.15) is 0 Å². The number of anilines is 6. The normalized spacial score (nSPS) is 11.7. The summed E-state index contributed by atoms with van der Waals surface area (Å²) in [5, 5.41) is 5.02. The molecule has 0 unspecified atom stereocenters. The van der Waals surface area contributed by atoms with Crippen LogP contribution in [0, 0.1) is 41.5 Å². The Morgan fingerprint density at radius 3 is 0.981 bits per heavy atom. The van der Waals surface area contributed by atoms with Crippen molar-refractivity contribution in [2.75, 3.05) is 9.80 Å². The molecule has 0 aliphatic heterocycles. The number of aryl methyl sites for hydroxylation is 6. The molecule has 1 aliphatic carbocycles. The average molecular weight is 671 g/mol. The summed E-state index contributed by atoms with van der Waals surface area (Å²) in [5.41, 5.74) is 19.9. The summed E-state index contributed by atoms with van der Waals surface area (Å²) in [6, 6.07) is 54.6. The standard InChI is InChI=1S/C50H42N2/c1-31-9-17-41(18-10-31)51(49-23-33(3)7-13-35(49)5)43-21-15-37-27-45-47(29-39(37)25-43)46-28-38-16-22-44(26-40(38)30-48(45)46)52(42-19-11-32(2)12-20-42)50-24-34(4)8-14-36(50)6/h7-30H,1-6H3. The fourth-order valence-electron chi connectivity index (χ4n) is 7.84. The third-order valence-corrected chi connectivity index (χ3v) is 10.8. The molecule has 0 atom stereocenters. The van der Waals surface area contributed by atoms with Crippen LogP contribution in [0.25, 0.3) is 43.8 Å². The average Bonchev–Trinajstić information content (AvgIpc) is 3.15. The van der Waals surface area contributed by atoms with Gasteiger partial charge in [-0.05, 0) is 193 Å². The predicted molar refractivity (Wildman–Crippen MR) is 224 cm³/mol. The fraction of sp³-hybridized carbons (Fsp3) is 0.120. The lowest BCUT2D eigenvalue weighted by Gasteiger charge is -2.29. The SMILES string of the molecule is Cc1ccc(N(c2ccc3cc4c(cc3c2)-c2cc3ccc(N(c5ccc(C)cc5)c5cc(C)ccc5C)cc3cc2-4)c2cc(C)ccc2C)cc1. The molecule has 252 valence electrons. The first-order valence-electron chi connectivity index (χ1n) is 18.2. The van der Waals surface area contributed by atoms with Crippen LogP contribution in [0.5, 0.6) is 0 Å². The van der Waals surface area contributed by atoms with Crippen molar-refractivity contribution in [3.8, 4) is 22.3 Å². The highest BCUT2D eigenvalue weighted by Crippen LogP contribution is 2.51. The van der Waals surface area contributed by atoms with Gasteiger partial charge in [0.25, 0.3) is 0 Å². The Hall–Kier alpha value is -6.12. The van der Waals surface area contributed by atoms with Gasteiger partial charge >= 0.3 is 0 Å². The van der Waals surface area contributed by atoms with Crippen molar-refractivity contribution < 1.29 is 0 Å². The van der Waals surface area contributed by atoms with Crippen LogP contribution in [0.15, 0.2) is 146 Å². The van der Waals surface area contributed by atoms with Gasteiger partial charge in [-0.3, -0.25) is 0 Å². The van der Waals surface area contributed by atoms with Gasteiger partial charge in [0.05, 0.1) is 0 Å². The van der Waals surface area contributed by atoms with Gasteiger partial charge in [-0.2, -0.15) is 0 Å². The number of hydrogen-bond donors (Lipinski definition) is 0. The molecule has 0 spiro atoms. The maximum atomic E-state index is 2.40. The molecule has 0 fully saturated rings. The van der Waals surface area contributed by atoms with Crippen LogP contribution in [-0.4, -0.2) is 0 Å². The smallest absolute Gasteiger partial charge is 0.0493 e. The molecule has 0 heterocycles. The minimum atomic E-state index is 1.16. The second-order valence-electron chi connectivity index (χ2n) is 14.8. The van der Waals surface area contributed by atoms with Crippen molar-refractivity contribution in [3.63, 3.8) is 0 Å². The van der Waals surface area contributed by atoms with E-state index in [4.69, 9.17) is 0 Å². The Labute approximate surface area is 307 Å². The van der Waals surface area contributed by atoms with Crippen LogP contribution in [0.4, 0.5) is 34.1 Å². The molecule has 0 saturated heterocycles. The fourth-order valence-corrected chi connectivity index (χ4v) is 7.84. The van der Waals surface area contributed by atoms with Crippen LogP contribution >= 0.6 is 0 Å². The van der Waals surface area contributed by atoms with E-state index in [0.29, 0.717) is 0 Å². The monoisotopic (exact) mass is 670 g/mol. The lowest BCUT2D eigenvalue weighted by Crippen LogP contribution is -2.12. The van der Waals surface area contributed by atoms with E-state index >= 15 is 0 Å². The van der Waals surface area contributed by atoms with Gasteiger partial charge in [0, 0.05) is 34.1 Å². The van der Waals surface area contributed by atoms with E-state index in [0.717, 1.165) is 22.7 Å². The molecule has 0 radical (unpaired) electrons. The Morgan fingerprint density at radius 2 is 0.596 bits per heavy atom. The van der Waals surface area contributed by atoms with Crippen LogP contribution in [0.3, 0.4) is 0 Å². The molecule has 0 saturated carbocycles. The maximum absolute atomic E-state index is 2.40. The molecule has 52 heavy (non-hydrogen) atoms. The van der Waals surface area contributed by atoms with Crippen molar-refractivity contribution in [1.82, 2.24) is 0 Å². The predicted octanol–water partition coefficient (Wildman–Crippen LogP) is 14.4. The highest BCUT2D eigenvalue weighted by atomic mass is 15.1. The lowest BCUT2D eigenvalue weighted by molar-refractivity contribution is 1.24. The molecule has 2 heteroatoms. The first-order chi connectivity index (χ1) is 25.2. The second-order valence-corrected chi connectivity index (χ2v) is 14.8. The van der Waals surface area contributed by atoms with Crippen LogP contribution in [-0.2, 0) is 0 Å². The van der Waals surface area contributed by atoms with Crippen molar-refractivity contribution in [3.05, 3.63) is 179 Å². The molecule has 0 amide bonds. The van der Waals surface area contributed by atoms with Gasteiger partial charge in [-0.25, -0.2) is 0 Å². The molecular weight excluding hydrogens is 629 g/mol. The zero-order valence-corrected chi connectivity index (χ0v) is 30.8. The van der Waals surface area contributed by atoms with E-state index < -0.39 is 0 Å². The molecule has 0 aromatic heterocycles. The number of benzene rings is 8. The Kier molecular flexibility index (Phi) is 7.52. The maximum Gasteiger partial charge on any atom is 0.0493 e. The number of fused-ring (bicyclic) bond motifs is 6. The zero-order valence-electron chi connectivity index (χ0n) is 30.8. The lowest BCUT2D eigenvalue weighted by atomic mass is 9.78. The van der Waals surface area contributed by atoms with Crippen LogP contribution in [0.1, 0.15) is 33.4 Å². The summed E-state index contributed by atoms with van der Waals surface area (Å²) in [7, 11) is 0. The minimum Gasteiger partial charge on any atom is -0.310 e. The van der Waals surface area contributed by atoms with E-state index in [9.17, 15) is 0 Å². The van der Waals surface area contributed by atoms with Crippen LogP contribution in [0.2, 0.25) is 0 Å². The highest BCUT2D eigenvalue weighted by Gasteiger charge is 2.25. The van der Waals surface area contributed by atoms with E-state index in [1.54, 1.807) is 0 Å². The van der Waals surface area contributed by atoms with Gasteiger partial charge in [-0.1, -0.05) is 71.8 Å². The molecule has 0 bridgehead atoms.